The van der Waals surface area contributed by atoms with Gasteiger partial charge in [-0.3, -0.25) is 4.79 Å². The Morgan fingerprint density at radius 1 is 1.33 bits per heavy atom. The average molecular weight is 339 g/mol. The van der Waals surface area contributed by atoms with Crippen molar-refractivity contribution < 1.29 is 4.84 Å². The van der Waals surface area contributed by atoms with E-state index in [0.29, 0.717) is 17.6 Å². The highest BCUT2D eigenvalue weighted by molar-refractivity contribution is 7.22. The molecule has 4 rings (SSSR count). The second kappa shape index (κ2) is 5.87. The highest BCUT2D eigenvalue weighted by Gasteiger charge is 2.25. The minimum Gasteiger partial charge on any atom is -0.384 e. The van der Waals surface area contributed by atoms with E-state index in [9.17, 15) is 4.79 Å². The minimum atomic E-state index is -0.292. The molecule has 0 amide bonds. The Morgan fingerprint density at radius 3 is 2.83 bits per heavy atom. The van der Waals surface area contributed by atoms with E-state index in [1.165, 1.54) is 0 Å². The molecule has 0 aliphatic carbocycles. The number of hydrogen-bond donors (Lipinski definition) is 1. The normalized spacial score (nSPS) is 17.1. The van der Waals surface area contributed by atoms with Gasteiger partial charge in [0.05, 0.1) is 11.1 Å². The number of rotatable bonds is 3. The van der Waals surface area contributed by atoms with Crippen LogP contribution in [0.2, 0.25) is 0 Å². The lowest BCUT2D eigenvalue weighted by Crippen LogP contribution is -2.14. The molecule has 1 aromatic carbocycles. The lowest BCUT2D eigenvalue weighted by atomic mass is 10.1. The van der Waals surface area contributed by atoms with Crippen molar-refractivity contribution in [2.75, 3.05) is 0 Å². The summed E-state index contributed by atoms with van der Waals surface area (Å²) in [5.74, 6) is 0.556. The predicted molar refractivity (Wildman–Crippen MR) is 96.6 cm³/mol. The average Bonchev–Trinajstić information content (AvgIpc) is 3.20. The van der Waals surface area contributed by atoms with Gasteiger partial charge in [-0.1, -0.05) is 42.4 Å². The monoisotopic (exact) mass is 339 g/mol. The number of aryl methyl sites for hydroxylation is 1. The fraction of sp³-hybridized carbons (Fsp3) is 0.278. The van der Waals surface area contributed by atoms with Gasteiger partial charge in [-0.05, 0) is 24.5 Å². The molecule has 0 spiro atoms. The first-order valence-electron chi connectivity index (χ1n) is 7.97. The molecular formula is C18H17N3O2S. The highest BCUT2D eigenvalue weighted by Crippen LogP contribution is 2.36. The van der Waals surface area contributed by atoms with Crippen molar-refractivity contribution >= 4 is 27.3 Å². The molecule has 0 radical (unpaired) electrons. The van der Waals surface area contributed by atoms with Crippen molar-refractivity contribution in [2.45, 2.75) is 32.8 Å². The first-order chi connectivity index (χ1) is 11.7. The number of aromatic nitrogens is 2. The third kappa shape index (κ3) is 2.43. The van der Waals surface area contributed by atoms with Crippen LogP contribution in [0.5, 0.6) is 0 Å². The van der Waals surface area contributed by atoms with Crippen LogP contribution in [-0.2, 0) is 4.84 Å². The number of hydrogen-bond acceptors (Lipinski definition) is 5. The van der Waals surface area contributed by atoms with Crippen LogP contribution in [0, 0.1) is 6.92 Å². The van der Waals surface area contributed by atoms with Crippen LogP contribution in [0.25, 0.3) is 20.7 Å². The summed E-state index contributed by atoms with van der Waals surface area (Å²) in [5, 5.41) is 4.71. The van der Waals surface area contributed by atoms with E-state index in [0.717, 1.165) is 33.0 Å². The molecule has 5 nitrogen and oxygen atoms in total. The Balaban J connectivity index is 1.81. The SMILES string of the molecule is CCC1=NOC(c2nc3sc(-c4ccccc4)c(C)c3c(=O)[nH]2)C1. The second-order valence-corrected chi connectivity index (χ2v) is 6.86. The van der Waals surface area contributed by atoms with Crippen LogP contribution < -0.4 is 5.56 Å². The summed E-state index contributed by atoms with van der Waals surface area (Å²) in [7, 11) is 0. The lowest BCUT2D eigenvalue weighted by Gasteiger charge is -2.06. The molecule has 6 heteroatoms. The van der Waals surface area contributed by atoms with Crippen LogP contribution in [0.3, 0.4) is 0 Å². The zero-order valence-electron chi connectivity index (χ0n) is 13.5. The maximum absolute atomic E-state index is 12.6. The van der Waals surface area contributed by atoms with Crippen molar-refractivity contribution in [3.05, 3.63) is 52.1 Å². The van der Waals surface area contributed by atoms with E-state index in [1.807, 2.05) is 44.2 Å². The Bertz CT molecular complexity index is 989. The Labute approximate surface area is 143 Å². The van der Waals surface area contributed by atoms with Gasteiger partial charge in [0, 0.05) is 11.3 Å². The molecule has 3 heterocycles. The zero-order valence-corrected chi connectivity index (χ0v) is 14.3. The number of fused-ring (bicyclic) bond motifs is 1. The van der Waals surface area contributed by atoms with E-state index < -0.39 is 0 Å². The van der Waals surface area contributed by atoms with Crippen molar-refractivity contribution in [1.29, 1.82) is 0 Å². The third-order valence-corrected chi connectivity index (χ3v) is 5.53. The van der Waals surface area contributed by atoms with E-state index in [2.05, 4.69) is 15.1 Å². The van der Waals surface area contributed by atoms with Crippen LogP contribution in [0.15, 0.2) is 40.3 Å². The van der Waals surface area contributed by atoms with Crippen molar-refractivity contribution in [1.82, 2.24) is 9.97 Å². The molecule has 0 saturated carbocycles. The molecule has 0 saturated heterocycles. The summed E-state index contributed by atoms with van der Waals surface area (Å²) in [4.78, 5) is 27.4. The molecule has 0 bridgehead atoms. The Kier molecular flexibility index (Phi) is 3.69. The molecule has 2 aromatic heterocycles. The first kappa shape index (κ1) is 15.1. The van der Waals surface area contributed by atoms with Crippen molar-refractivity contribution in [3.63, 3.8) is 0 Å². The van der Waals surface area contributed by atoms with Gasteiger partial charge in [0.1, 0.15) is 4.83 Å². The third-order valence-electron chi connectivity index (χ3n) is 4.30. The Morgan fingerprint density at radius 2 is 2.12 bits per heavy atom. The van der Waals surface area contributed by atoms with E-state index >= 15 is 0 Å². The van der Waals surface area contributed by atoms with Gasteiger partial charge in [0.2, 0.25) is 0 Å². The van der Waals surface area contributed by atoms with Gasteiger partial charge in [-0.25, -0.2) is 4.98 Å². The summed E-state index contributed by atoms with van der Waals surface area (Å²) >= 11 is 1.55. The molecule has 1 unspecified atom stereocenters. The molecular weight excluding hydrogens is 322 g/mol. The van der Waals surface area contributed by atoms with Crippen LogP contribution >= 0.6 is 11.3 Å². The molecule has 0 fully saturated rings. The topological polar surface area (TPSA) is 67.3 Å². The zero-order chi connectivity index (χ0) is 16.7. The summed E-state index contributed by atoms with van der Waals surface area (Å²) in [6.45, 7) is 4.01. The lowest BCUT2D eigenvalue weighted by molar-refractivity contribution is 0.0792. The van der Waals surface area contributed by atoms with Gasteiger partial charge in [0.15, 0.2) is 11.9 Å². The largest absolute Gasteiger partial charge is 0.384 e. The Hall–Kier alpha value is -2.47. The number of nitrogens with zero attached hydrogens (tertiary/aromatic N) is 2. The summed E-state index contributed by atoms with van der Waals surface area (Å²) in [6.07, 6.45) is 1.24. The number of nitrogens with one attached hydrogen (secondary N) is 1. The number of aromatic amines is 1. The first-order valence-corrected chi connectivity index (χ1v) is 8.79. The fourth-order valence-corrected chi connectivity index (χ4v) is 4.15. The number of thiophene rings is 1. The van der Waals surface area contributed by atoms with Gasteiger partial charge in [-0.2, -0.15) is 0 Å². The number of benzene rings is 1. The summed E-state index contributed by atoms with van der Waals surface area (Å²) < 4.78 is 0. The van der Waals surface area contributed by atoms with Crippen LogP contribution in [0.4, 0.5) is 0 Å². The van der Waals surface area contributed by atoms with Crippen LogP contribution in [-0.4, -0.2) is 15.7 Å². The quantitative estimate of drug-likeness (QED) is 0.778. The molecule has 3 aromatic rings. The van der Waals surface area contributed by atoms with Crippen molar-refractivity contribution in [2.24, 2.45) is 5.16 Å². The molecule has 1 N–H and O–H groups in total. The number of H-pyrrole nitrogens is 1. The second-order valence-electron chi connectivity index (χ2n) is 5.86. The van der Waals surface area contributed by atoms with Crippen molar-refractivity contribution in [3.8, 4) is 10.4 Å². The smallest absolute Gasteiger partial charge is 0.260 e. The molecule has 1 atom stereocenters. The molecule has 122 valence electrons. The summed E-state index contributed by atoms with van der Waals surface area (Å²) in [6, 6.07) is 10.1. The van der Waals surface area contributed by atoms with Gasteiger partial charge >= 0.3 is 0 Å². The maximum Gasteiger partial charge on any atom is 0.260 e. The molecule has 1 aliphatic heterocycles. The summed E-state index contributed by atoms with van der Waals surface area (Å²) in [5.41, 5.74) is 2.96. The van der Waals surface area contributed by atoms with E-state index in [4.69, 9.17) is 4.84 Å². The minimum absolute atomic E-state index is 0.112. The molecule has 24 heavy (non-hydrogen) atoms. The fourth-order valence-electron chi connectivity index (χ4n) is 2.96. The van der Waals surface area contributed by atoms with E-state index in [1.54, 1.807) is 11.3 Å². The highest BCUT2D eigenvalue weighted by atomic mass is 32.1. The standard InChI is InChI=1S/C18H17N3O2S/c1-3-12-9-13(23-21-12)16-19-17(22)14-10(2)15(24-18(14)20-16)11-7-5-4-6-8-11/h4-8,13H,3,9H2,1-2H3,(H,19,20,22). The number of oxime groups is 1. The predicted octanol–water partition coefficient (Wildman–Crippen LogP) is 4.19. The molecule has 1 aliphatic rings. The van der Waals surface area contributed by atoms with Crippen LogP contribution in [0.1, 0.15) is 37.3 Å². The maximum atomic E-state index is 12.6. The van der Waals surface area contributed by atoms with Gasteiger partial charge in [-0.15, -0.1) is 11.3 Å². The van der Waals surface area contributed by atoms with Gasteiger partial charge in [0.25, 0.3) is 5.56 Å². The van der Waals surface area contributed by atoms with Gasteiger partial charge < -0.3 is 9.82 Å². The van der Waals surface area contributed by atoms with E-state index in [-0.39, 0.29) is 11.7 Å².